The highest BCUT2D eigenvalue weighted by molar-refractivity contribution is 7.99. The number of H-pyrrole nitrogens is 1. The van der Waals surface area contributed by atoms with Crippen LogP contribution in [0, 0.1) is 5.41 Å². The first-order valence-corrected chi connectivity index (χ1v) is 6.92. The molecule has 3 aromatic rings. The van der Waals surface area contributed by atoms with Crippen molar-refractivity contribution in [1.82, 2.24) is 15.0 Å². The van der Waals surface area contributed by atoms with Crippen LogP contribution >= 0.6 is 11.8 Å². The molecule has 0 bridgehead atoms. The normalized spacial score (nSPS) is 10.7. The number of hydrogen-bond acceptors (Lipinski definition) is 5. The Bertz CT molecular complexity index is 890. The standard InChI is InChI=1S/C14H11N5OS/c15-13(16)9-7-12(18-10-4-2-1-3-8(9)10)21-14-17-6-5-11(20)19-14/h1-7H,(H3,15,16)(H,17,19,20). The van der Waals surface area contributed by atoms with Crippen LogP contribution in [0.1, 0.15) is 5.56 Å². The molecule has 0 fully saturated rings. The topological polar surface area (TPSA) is 109 Å². The van der Waals surface area contributed by atoms with Crippen LogP contribution in [0.25, 0.3) is 10.9 Å². The van der Waals surface area contributed by atoms with Crippen LogP contribution in [0.4, 0.5) is 0 Å². The summed E-state index contributed by atoms with van der Waals surface area (Å²) in [4.78, 5) is 22.5. The molecular formula is C14H11N5OS. The van der Waals surface area contributed by atoms with Gasteiger partial charge in [0.1, 0.15) is 10.9 Å². The number of hydrogen-bond donors (Lipinski definition) is 3. The summed E-state index contributed by atoms with van der Waals surface area (Å²) in [6, 6.07) is 10.5. The molecule has 0 aliphatic carbocycles. The number of nitrogens with two attached hydrogens (primary N) is 1. The number of nitrogen functional groups attached to an aromatic ring is 1. The first kappa shape index (κ1) is 13.3. The van der Waals surface area contributed by atoms with E-state index in [0.29, 0.717) is 15.7 Å². The van der Waals surface area contributed by atoms with Crippen molar-refractivity contribution in [3.05, 3.63) is 58.5 Å². The molecule has 0 aliphatic heterocycles. The Kier molecular flexibility index (Phi) is 3.41. The summed E-state index contributed by atoms with van der Waals surface area (Å²) in [5, 5.41) is 9.58. The molecule has 104 valence electrons. The van der Waals surface area contributed by atoms with Gasteiger partial charge in [-0.1, -0.05) is 18.2 Å². The number of fused-ring (bicyclic) bond motifs is 1. The molecule has 0 spiro atoms. The van der Waals surface area contributed by atoms with E-state index in [1.165, 1.54) is 24.0 Å². The molecule has 0 radical (unpaired) electrons. The lowest BCUT2D eigenvalue weighted by molar-refractivity contribution is 0.933. The van der Waals surface area contributed by atoms with E-state index < -0.39 is 0 Å². The van der Waals surface area contributed by atoms with Crippen LogP contribution in [-0.2, 0) is 0 Å². The number of nitrogens with zero attached hydrogens (tertiary/aromatic N) is 2. The van der Waals surface area contributed by atoms with E-state index in [-0.39, 0.29) is 11.4 Å². The van der Waals surface area contributed by atoms with Crippen molar-refractivity contribution in [2.24, 2.45) is 5.73 Å². The number of aromatic amines is 1. The lowest BCUT2D eigenvalue weighted by Crippen LogP contribution is -2.12. The van der Waals surface area contributed by atoms with E-state index >= 15 is 0 Å². The fraction of sp³-hybridized carbons (Fsp3) is 0. The zero-order valence-electron chi connectivity index (χ0n) is 10.8. The largest absolute Gasteiger partial charge is 0.384 e. The molecule has 1 aromatic carbocycles. The molecule has 0 atom stereocenters. The van der Waals surface area contributed by atoms with E-state index in [4.69, 9.17) is 11.1 Å². The molecule has 7 heteroatoms. The van der Waals surface area contributed by atoms with Crippen LogP contribution in [0.15, 0.2) is 57.6 Å². The van der Waals surface area contributed by atoms with Crippen molar-refractivity contribution in [1.29, 1.82) is 5.41 Å². The highest BCUT2D eigenvalue weighted by atomic mass is 32.2. The van der Waals surface area contributed by atoms with Gasteiger partial charge in [-0.25, -0.2) is 9.97 Å². The van der Waals surface area contributed by atoms with Crippen molar-refractivity contribution in [2.45, 2.75) is 10.2 Å². The quantitative estimate of drug-likeness (QED) is 0.388. The molecule has 3 rings (SSSR count). The molecule has 0 aliphatic rings. The minimum atomic E-state index is -0.222. The number of pyridine rings is 1. The van der Waals surface area contributed by atoms with Gasteiger partial charge in [-0.2, -0.15) is 0 Å². The Morgan fingerprint density at radius 2 is 2.10 bits per heavy atom. The second kappa shape index (κ2) is 5.37. The number of nitrogens with one attached hydrogen (secondary N) is 2. The number of aromatic nitrogens is 3. The van der Waals surface area contributed by atoms with Crippen LogP contribution < -0.4 is 11.3 Å². The number of rotatable bonds is 3. The van der Waals surface area contributed by atoms with Gasteiger partial charge in [0, 0.05) is 23.2 Å². The lowest BCUT2D eigenvalue weighted by Gasteiger charge is -2.07. The number of benzene rings is 1. The molecular weight excluding hydrogens is 286 g/mol. The van der Waals surface area contributed by atoms with Crippen LogP contribution in [-0.4, -0.2) is 20.8 Å². The van der Waals surface area contributed by atoms with E-state index in [2.05, 4.69) is 15.0 Å². The van der Waals surface area contributed by atoms with Gasteiger partial charge in [0.05, 0.1) is 5.52 Å². The van der Waals surface area contributed by atoms with E-state index in [1.54, 1.807) is 6.07 Å². The highest BCUT2D eigenvalue weighted by Gasteiger charge is 2.09. The predicted molar refractivity (Wildman–Crippen MR) is 81.7 cm³/mol. The Morgan fingerprint density at radius 3 is 2.86 bits per heavy atom. The molecule has 2 heterocycles. The Labute approximate surface area is 124 Å². The molecule has 2 aromatic heterocycles. The maximum Gasteiger partial charge on any atom is 0.251 e. The molecule has 21 heavy (non-hydrogen) atoms. The summed E-state index contributed by atoms with van der Waals surface area (Å²) >= 11 is 1.22. The zero-order valence-corrected chi connectivity index (χ0v) is 11.6. The molecule has 4 N–H and O–H groups in total. The second-order valence-electron chi connectivity index (χ2n) is 4.28. The van der Waals surface area contributed by atoms with Crippen LogP contribution in [0.2, 0.25) is 0 Å². The molecule has 0 saturated heterocycles. The third kappa shape index (κ3) is 2.77. The maximum absolute atomic E-state index is 11.3. The monoisotopic (exact) mass is 297 g/mol. The van der Waals surface area contributed by atoms with Crippen molar-refractivity contribution >= 4 is 28.5 Å². The number of para-hydroxylation sites is 1. The Morgan fingerprint density at radius 1 is 1.29 bits per heavy atom. The Balaban J connectivity index is 2.11. The SMILES string of the molecule is N=C(N)c1cc(Sc2nccc(=O)[nH]2)nc2ccccc12. The summed E-state index contributed by atoms with van der Waals surface area (Å²) in [5.41, 5.74) is 6.77. The van der Waals surface area contributed by atoms with Gasteiger partial charge in [0.15, 0.2) is 5.16 Å². The van der Waals surface area contributed by atoms with E-state index in [0.717, 1.165) is 10.9 Å². The molecule has 0 unspecified atom stereocenters. The maximum atomic E-state index is 11.3. The van der Waals surface area contributed by atoms with Gasteiger partial charge in [0.2, 0.25) is 0 Å². The van der Waals surface area contributed by atoms with Gasteiger partial charge in [0.25, 0.3) is 5.56 Å². The lowest BCUT2D eigenvalue weighted by atomic mass is 10.1. The van der Waals surface area contributed by atoms with Gasteiger partial charge >= 0.3 is 0 Å². The third-order valence-electron chi connectivity index (χ3n) is 2.83. The van der Waals surface area contributed by atoms with Crippen molar-refractivity contribution in [3.63, 3.8) is 0 Å². The molecule has 6 nitrogen and oxygen atoms in total. The van der Waals surface area contributed by atoms with Gasteiger partial charge < -0.3 is 10.7 Å². The van der Waals surface area contributed by atoms with E-state index in [1.807, 2.05) is 24.3 Å². The Hall–Kier alpha value is -2.67. The fourth-order valence-electron chi connectivity index (χ4n) is 1.93. The first-order chi connectivity index (χ1) is 10.1. The zero-order chi connectivity index (χ0) is 14.8. The minimum Gasteiger partial charge on any atom is -0.384 e. The van der Waals surface area contributed by atoms with Crippen molar-refractivity contribution < 1.29 is 0 Å². The predicted octanol–water partition coefficient (Wildman–Crippen LogP) is 1.75. The third-order valence-corrected chi connectivity index (χ3v) is 3.65. The number of amidine groups is 1. The van der Waals surface area contributed by atoms with Crippen molar-refractivity contribution in [3.8, 4) is 0 Å². The molecule has 0 saturated carbocycles. The summed E-state index contributed by atoms with van der Waals surface area (Å²) in [5.74, 6) is -0.0232. The average molecular weight is 297 g/mol. The summed E-state index contributed by atoms with van der Waals surface area (Å²) < 4.78 is 0. The fourth-order valence-corrected chi connectivity index (χ4v) is 2.71. The smallest absolute Gasteiger partial charge is 0.251 e. The summed E-state index contributed by atoms with van der Waals surface area (Å²) in [7, 11) is 0. The highest BCUT2D eigenvalue weighted by Crippen LogP contribution is 2.26. The average Bonchev–Trinajstić information content (AvgIpc) is 2.46. The van der Waals surface area contributed by atoms with Crippen LogP contribution in [0.3, 0.4) is 0 Å². The van der Waals surface area contributed by atoms with Gasteiger partial charge in [-0.05, 0) is 23.9 Å². The van der Waals surface area contributed by atoms with Crippen molar-refractivity contribution in [2.75, 3.05) is 0 Å². The van der Waals surface area contributed by atoms with Gasteiger partial charge in [-0.3, -0.25) is 10.2 Å². The second-order valence-corrected chi connectivity index (χ2v) is 5.29. The summed E-state index contributed by atoms with van der Waals surface area (Å²) in [6.45, 7) is 0. The minimum absolute atomic E-state index is 0.0232. The molecule has 0 amide bonds. The van der Waals surface area contributed by atoms with Crippen LogP contribution in [0.5, 0.6) is 0 Å². The van der Waals surface area contributed by atoms with Gasteiger partial charge in [-0.15, -0.1) is 0 Å². The summed E-state index contributed by atoms with van der Waals surface area (Å²) in [6.07, 6.45) is 1.44. The first-order valence-electron chi connectivity index (χ1n) is 6.11. The van der Waals surface area contributed by atoms with E-state index in [9.17, 15) is 4.79 Å².